The summed E-state index contributed by atoms with van der Waals surface area (Å²) in [5.74, 6) is -0.0581. The van der Waals surface area contributed by atoms with E-state index in [1.54, 1.807) is 6.08 Å². The smallest absolute Gasteiger partial charge is 0.305 e. The number of carbonyl (C=O) groups excluding carboxylic acids is 2. The van der Waals surface area contributed by atoms with Crippen molar-refractivity contribution in [2.24, 2.45) is 0 Å². The zero-order valence-corrected chi connectivity index (χ0v) is 47.7. The number of aliphatic hydroxyl groups is 2. The first kappa shape index (κ1) is 69.1. The number of nitrogens with one attached hydrogen (secondary N) is 1. The van der Waals surface area contributed by atoms with Crippen LogP contribution in [0.1, 0.15) is 341 Å². The highest BCUT2D eigenvalue weighted by atomic mass is 16.5. The van der Waals surface area contributed by atoms with Gasteiger partial charge in [0.15, 0.2) is 0 Å². The van der Waals surface area contributed by atoms with Gasteiger partial charge in [-0.1, -0.05) is 301 Å². The fraction of sp³-hybridized carbons (Fsp3) is 0.877. The molecule has 0 heterocycles. The molecule has 0 radical (unpaired) electrons. The topological polar surface area (TPSA) is 95.9 Å². The highest BCUT2D eigenvalue weighted by Gasteiger charge is 2.18. The van der Waals surface area contributed by atoms with Gasteiger partial charge in [-0.2, -0.15) is 0 Å². The number of amides is 1. The largest absolute Gasteiger partial charge is 0.466 e. The number of hydrogen-bond donors (Lipinski definition) is 3. The van der Waals surface area contributed by atoms with Gasteiger partial charge in [-0.05, 0) is 64.2 Å². The molecule has 0 aromatic rings. The highest BCUT2D eigenvalue weighted by Crippen LogP contribution is 2.18. The van der Waals surface area contributed by atoms with Crippen molar-refractivity contribution in [1.82, 2.24) is 5.32 Å². The lowest BCUT2D eigenvalue weighted by Gasteiger charge is -2.20. The Hall–Kier alpha value is -1.92. The van der Waals surface area contributed by atoms with Crippen LogP contribution in [0.3, 0.4) is 0 Å². The molecular formula is C65H123NO5. The molecule has 2 atom stereocenters. The molecule has 6 heteroatoms. The van der Waals surface area contributed by atoms with Crippen LogP contribution in [0.15, 0.2) is 36.5 Å². The number of ether oxygens (including phenoxy) is 1. The van der Waals surface area contributed by atoms with E-state index in [2.05, 4.69) is 43.5 Å². The van der Waals surface area contributed by atoms with E-state index >= 15 is 0 Å². The van der Waals surface area contributed by atoms with Crippen LogP contribution >= 0.6 is 0 Å². The van der Waals surface area contributed by atoms with Gasteiger partial charge in [-0.15, -0.1) is 0 Å². The Morgan fingerprint density at radius 1 is 0.394 bits per heavy atom. The number of esters is 1. The molecule has 0 bridgehead atoms. The predicted molar refractivity (Wildman–Crippen MR) is 310 cm³/mol. The summed E-state index contributed by atoms with van der Waals surface area (Å²) in [6.45, 7) is 4.88. The Bertz CT molecular complexity index is 1150. The van der Waals surface area contributed by atoms with Gasteiger partial charge in [-0.3, -0.25) is 9.59 Å². The van der Waals surface area contributed by atoms with Crippen molar-refractivity contribution in [3.05, 3.63) is 36.5 Å². The number of carbonyl (C=O) groups is 2. The van der Waals surface area contributed by atoms with Crippen molar-refractivity contribution >= 4 is 11.9 Å². The fourth-order valence-electron chi connectivity index (χ4n) is 9.78. The molecule has 0 fully saturated rings. The number of aliphatic hydroxyl groups excluding tert-OH is 2. The Morgan fingerprint density at radius 3 is 1.10 bits per heavy atom. The maximum Gasteiger partial charge on any atom is 0.305 e. The van der Waals surface area contributed by atoms with Gasteiger partial charge in [0.25, 0.3) is 0 Å². The van der Waals surface area contributed by atoms with Crippen molar-refractivity contribution in [2.75, 3.05) is 13.2 Å². The second-order valence-electron chi connectivity index (χ2n) is 21.7. The molecule has 71 heavy (non-hydrogen) atoms. The maximum absolute atomic E-state index is 12.4. The fourth-order valence-corrected chi connectivity index (χ4v) is 9.78. The Morgan fingerprint density at radius 2 is 0.704 bits per heavy atom. The summed E-state index contributed by atoms with van der Waals surface area (Å²) in [4.78, 5) is 24.5. The summed E-state index contributed by atoms with van der Waals surface area (Å²) < 4.78 is 5.49. The third kappa shape index (κ3) is 57.2. The van der Waals surface area contributed by atoms with Crippen LogP contribution in [0.25, 0.3) is 0 Å². The predicted octanol–water partition coefficient (Wildman–Crippen LogP) is 20.0. The standard InChI is InChI=1S/C65H123NO5/c1-3-5-7-9-11-13-15-17-18-28-32-35-39-43-47-51-55-59-65(70)71-60-56-52-48-44-40-36-33-30-27-25-23-21-19-20-22-24-26-29-31-34-38-42-46-50-54-58-64(69)66-62(61-67)63(68)57-53-49-45-41-37-16-14-12-10-8-6-4-2/h11,13,17-18,53,57,62-63,67-68H,3-10,12,14-16,19-52,54-56,58-61H2,1-2H3,(H,66,69)/b13-11-,18-17-,57-53+. The number of rotatable bonds is 59. The average molecular weight is 999 g/mol. The van der Waals surface area contributed by atoms with Gasteiger partial charge in [0.1, 0.15) is 0 Å². The molecule has 2 unspecified atom stereocenters. The first-order chi connectivity index (χ1) is 35.0. The number of unbranched alkanes of at least 4 members (excludes halogenated alkanes) is 44. The average Bonchev–Trinajstić information content (AvgIpc) is 3.37. The lowest BCUT2D eigenvalue weighted by Crippen LogP contribution is -2.45. The van der Waals surface area contributed by atoms with Crippen LogP contribution in [0.4, 0.5) is 0 Å². The van der Waals surface area contributed by atoms with E-state index in [0.717, 1.165) is 51.4 Å². The van der Waals surface area contributed by atoms with E-state index in [1.165, 1.54) is 263 Å². The van der Waals surface area contributed by atoms with Crippen molar-refractivity contribution in [3.8, 4) is 0 Å². The summed E-state index contributed by atoms with van der Waals surface area (Å²) in [6, 6.07) is -0.625. The molecule has 0 aromatic carbocycles. The Kier molecular flexibility index (Phi) is 59.0. The van der Waals surface area contributed by atoms with E-state index in [4.69, 9.17) is 4.74 Å². The zero-order valence-electron chi connectivity index (χ0n) is 47.7. The van der Waals surface area contributed by atoms with Gasteiger partial charge in [0, 0.05) is 12.8 Å². The van der Waals surface area contributed by atoms with Crippen LogP contribution in [0.2, 0.25) is 0 Å². The summed E-state index contributed by atoms with van der Waals surface area (Å²) in [5.41, 5.74) is 0. The first-order valence-corrected chi connectivity index (χ1v) is 31.8. The first-order valence-electron chi connectivity index (χ1n) is 31.8. The van der Waals surface area contributed by atoms with Gasteiger partial charge in [-0.25, -0.2) is 0 Å². The van der Waals surface area contributed by atoms with Crippen LogP contribution in [-0.2, 0) is 14.3 Å². The Balaban J connectivity index is 3.36. The van der Waals surface area contributed by atoms with E-state index in [9.17, 15) is 19.8 Å². The van der Waals surface area contributed by atoms with Crippen LogP contribution < -0.4 is 5.32 Å². The van der Waals surface area contributed by atoms with Crippen LogP contribution in [0.5, 0.6) is 0 Å². The molecule has 1 amide bonds. The molecule has 418 valence electrons. The monoisotopic (exact) mass is 998 g/mol. The Labute approximate surface area is 443 Å². The van der Waals surface area contributed by atoms with Gasteiger partial charge in [0.2, 0.25) is 5.91 Å². The third-order valence-electron chi connectivity index (χ3n) is 14.7. The molecule has 0 saturated carbocycles. The zero-order chi connectivity index (χ0) is 51.4. The van der Waals surface area contributed by atoms with Crippen LogP contribution in [-0.4, -0.2) is 47.4 Å². The molecule has 3 N–H and O–H groups in total. The van der Waals surface area contributed by atoms with Crippen molar-refractivity contribution in [3.63, 3.8) is 0 Å². The van der Waals surface area contributed by atoms with E-state index in [0.29, 0.717) is 19.4 Å². The molecular weight excluding hydrogens is 875 g/mol. The van der Waals surface area contributed by atoms with Gasteiger partial charge < -0.3 is 20.3 Å². The molecule has 0 rings (SSSR count). The minimum Gasteiger partial charge on any atom is -0.466 e. The van der Waals surface area contributed by atoms with Gasteiger partial charge in [0.05, 0.1) is 25.4 Å². The SMILES string of the molecule is CCCCC/C=C\C/C=C\CCCCCCCCCC(=O)OCCCCCCCCCCCCCCCCCCCCCCCCCCCC(=O)NC(CO)C(O)/C=C/CCCCCCCCCCCC. The van der Waals surface area contributed by atoms with Crippen LogP contribution in [0, 0.1) is 0 Å². The summed E-state index contributed by atoms with van der Waals surface area (Å²) in [5, 5.41) is 23.1. The highest BCUT2D eigenvalue weighted by molar-refractivity contribution is 5.76. The molecule has 0 saturated heterocycles. The number of hydrogen-bond acceptors (Lipinski definition) is 5. The maximum atomic E-state index is 12.4. The molecule has 0 aliphatic carbocycles. The minimum absolute atomic E-state index is 0.00818. The third-order valence-corrected chi connectivity index (χ3v) is 14.7. The summed E-state index contributed by atoms with van der Waals surface area (Å²) >= 11 is 0. The lowest BCUT2D eigenvalue weighted by atomic mass is 10.0. The van der Waals surface area contributed by atoms with Crippen molar-refractivity contribution < 1.29 is 24.5 Å². The van der Waals surface area contributed by atoms with Crippen molar-refractivity contribution in [1.29, 1.82) is 0 Å². The summed E-state index contributed by atoms with van der Waals surface area (Å²) in [6.07, 6.45) is 76.2. The number of allylic oxidation sites excluding steroid dienone is 5. The summed E-state index contributed by atoms with van der Waals surface area (Å²) in [7, 11) is 0. The normalized spacial score (nSPS) is 12.8. The van der Waals surface area contributed by atoms with E-state index in [1.807, 2.05) is 6.08 Å². The van der Waals surface area contributed by atoms with E-state index in [-0.39, 0.29) is 18.5 Å². The molecule has 6 nitrogen and oxygen atoms in total. The second-order valence-corrected chi connectivity index (χ2v) is 21.7. The second kappa shape index (κ2) is 60.6. The minimum atomic E-state index is -0.842. The molecule has 0 spiro atoms. The quantitative estimate of drug-likeness (QED) is 0.0321. The van der Waals surface area contributed by atoms with Gasteiger partial charge >= 0.3 is 5.97 Å². The van der Waals surface area contributed by atoms with E-state index < -0.39 is 12.1 Å². The lowest BCUT2D eigenvalue weighted by molar-refractivity contribution is -0.143. The van der Waals surface area contributed by atoms with Crippen molar-refractivity contribution in [2.45, 2.75) is 353 Å². The molecule has 0 aliphatic heterocycles. The molecule has 0 aliphatic rings. The molecule has 0 aromatic heterocycles.